The number of sulfonamides is 1. The second-order valence-electron chi connectivity index (χ2n) is 4.54. The van der Waals surface area contributed by atoms with Gasteiger partial charge in [0, 0.05) is 13.1 Å². The van der Waals surface area contributed by atoms with Gasteiger partial charge < -0.3 is 5.32 Å². The second kappa shape index (κ2) is 5.27. The van der Waals surface area contributed by atoms with Crippen LogP contribution in [0.15, 0.2) is 0 Å². The van der Waals surface area contributed by atoms with E-state index in [1.807, 2.05) is 7.05 Å². The van der Waals surface area contributed by atoms with Gasteiger partial charge >= 0.3 is 0 Å². The SMILES string of the molecule is CNCCCS(=O)(=O)N1CC(C)C(C)C1. The molecule has 0 aromatic rings. The highest BCUT2D eigenvalue weighted by molar-refractivity contribution is 7.89. The Balaban J connectivity index is 2.48. The first-order chi connectivity index (χ1) is 6.97. The molecule has 4 nitrogen and oxygen atoms in total. The maximum atomic E-state index is 11.9. The van der Waals surface area contributed by atoms with Crippen molar-refractivity contribution in [2.45, 2.75) is 20.3 Å². The topological polar surface area (TPSA) is 49.4 Å². The van der Waals surface area contributed by atoms with Gasteiger partial charge in [0.25, 0.3) is 0 Å². The van der Waals surface area contributed by atoms with Gasteiger partial charge in [-0.1, -0.05) is 13.8 Å². The molecule has 0 amide bonds. The van der Waals surface area contributed by atoms with Crippen LogP contribution in [0.5, 0.6) is 0 Å². The highest BCUT2D eigenvalue weighted by atomic mass is 32.2. The van der Waals surface area contributed by atoms with Gasteiger partial charge in [-0.3, -0.25) is 0 Å². The van der Waals surface area contributed by atoms with Crippen molar-refractivity contribution in [1.82, 2.24) is 9.62 Å². The highest BCUT2D eigenvalue weighted by Crippen LogP contribution is 2.24. The lowest BCUT2D eigenvalue weighted by molar-refractivity contribution is 0.461. The zero-order valence-corrected chi connectivity index (χ0v) is 10.7. The summed E-state index contributed by atoms with van der Waals surface area (Å²) in [6, 6.07) is 0. The number of rotatable bonds is 5. The molecule has 2 unspecified atom stereocenters. The summed E-state index contributed by atoms with van der Waals surface area (Å²) < 4.78 is 25.4. The first-order valence-corrected chi connectivity index (χ1v) is 7.20. The first-order valence-electron chi connectivity index (χ1n) is 5.60. The Hall–Kier alpha value is -0.130. The van der Waals surface area contributed by atoms with Gasteiger partial charge in [-0.25, -0.2) is 12.7 Å². The molecule has 2 atom stereocenters. The van der Waals surface area contributed by atoms with E-state index < -0.39 is 10.0 Å². The summed E-state index contributed by atoms with van der Waals surface area (Å²) in [6.07, 6.45) is 0.693. The molecule has 1 saturated heterocycles. The molecule has 1 rings (SSSR count). The first kappa shape index (κ1) is 12.9. The predicted molar refractivity (Wildman–Crippen MR) is 62.2 cm³/mol. The summed E-state index contributed by atoms with van der Waals surface area (Å²) in [6.45, 7) is 6.39. The van der Waals surface area contributed by atoms with Crippen molar-refractivity contribution in [3.05, 3.63) is 0 Å². The monoisotopic (exact) mass is 234 g/mol. The fraction of sp³-hybridized carbons (Fsp3) is 1.00. The van der Waals surface area contributed by atoms with Crippen molar-refractivity contribution < 1.29 is 8.42 Å². The van der Waals surface area contributed by atoms with E-state index in [0.717, 1.165) is 6.54 Å². The minimum atomic E-state index is -3.00. The van der Waals surface area contributed by atoms with Gasteiger partial charge in [0.15, 0.2) is 0 Å². The molecule has 1 fully saturated rings. The molecule has 5 heteroatoms. The van der Waals surface area contributed by atoms with Crippen molar-refractivity contribution in [2.24, 2.45) is 11.8 Å². The van der Waals surface area contributed by atoms with E-state index in [9.17, 15) is 8.42 Å². The number of nitrogens with zero attached hydrogens (tertiary/aromatic N) is 1. The molecule has 0 bridgehead atoms. The van der Waals surface area contributed by atoms with Gasteiger partial charge in [-0.2, -0.15) is 0 Å². The molecule has 1 heterocycles. The predicted octanol–water partition coefficient (Wildman–Crippen LogP) is 0.514. The molecule has 1 N–H and O–H groups in total. The van der Waals surface area contributed by atoms with Crippen LogP contribution < -0.4 is 5.32 Å². The smallest absolute Gasteiger partial charge is 0.214 e. The number of hydrogen-bond donors (Lipinski definition) is 1. The standard InChI is InChI=1S/C10H22N2O2S/c1-9-7-12(8-10(9)2)15(13,14)6-4-5-11-3/h9-11H,4-8H2,1-3H3. The molecule has 1 aliphatic heterocycles. The maximum Gasteiger partial charge on any atom is 0.214 e. The van der Waals surface area contributed by atoms with Crippen LogP contribution in [-0.4, -0.2) is 45.2 Å². The van der Waals surface area contributed by atoms with Crippen LogP contribution >= 0.6 is 0 Å². The minimum Gasteiger partial charge on any atom is -0.320 e. The van der Waals surface area contributed by atoms with E-state index in [-0.39, 0.29) is 5.75 Å². The molecule has 1 aliphatic rings. The Kier molecular flexibility index (Phi) is 4.55. The van der Waals surface area contributed by atoms with Crippen LogP contribution in [0.3, 0.4) is 0 Å². The largest absolute Gasteiger partial charge is 0.320 e. The summed E-state index contributed by atoms with van der Waals surface area (Å²) in [5, 5.41) is 2.97. The normalized spacial score (nSPS) is 28.5. The van der Waals surface area contributed by atoms with Gasteiger partial charge in [0.05, 0.1) is 5.75 Å². The molecule has 0 saturated carbocycles. The van der Waals surface area contributed by atoms with Crippen molar-refractivity contribution >= 4 is 10.0 Å². The van der Waals surface area contributed by atoms with Crippen LogP contribution in [0.4, 0.5) is 0 Å². The fourth-order valence-corrected chi connectivity index (χ4v) is 3.56. The average Bonchev–Trinajstić information content (AvgIpc) is 2.48. The lowest BCUT2D eigenvalue weighted by Gasteiger charge is -2.15. The third-order valence-electron chi connectivity index (χ3n) is 3.18. The maximum absolute atomic E-state index is 11.9. The van der Waals surface area contributed by atoms with Crippen LogP contribution in [0.25, 0.3) is 0 Å². The Bertz CT molecular complexity index is 280. The summed E-state index contributed by atoms with van der Waals surface area (Å²) in [7, 11) is -1.16. The molecule has 0 aliphatic carbocycles. The van der Waals surface area contributed by atoms with Crippen LogP contribution in [0.1, 0.15) is 20.3 Å². The van der Waals surface area contributed by atoms with E-state index in [4.69, 9.17) is 0 Å². The van der Waals surface area contributed by atoms with Gasteiger partial charge in [0.2, 0.25) is 10.0 Å². The fourth-order valence-electron chi connectivity index (χ4n) is 1.86. The van der Waals surface area contributed by atoms with Crippen molar-refractivity contribution in [1.29, 1.82) is 0 Å². The summed E-state index contributed by atoms with van der Waals surface area (Å²) in [5.41, 5.74) is 0. The molecule has 15 heavy (non-hydrogen) atoms. The third kappa shape index (κ3) is 3.43. The van der Waals surface area contributed by atoms with Crippen molar-refractivity contribution in [2.75, 3.05) is 32.4 Å². The molecular formula is C10H22N2O2S. The van der Waals surface area contributed by atoms with E-state index in [1.54, 1.807) is 4.31 Å². The Labute approximate surface area is 93.1 Å². The van der Waals surface area contributed by atoms with Crippen LogP contribution in [0.2, 0.25) is 0 Å². The van der Waals surface area contributed by atoms with Gasteiger partial charge in [-0.15, -0.1) is 0 Å². The van der Waals surface area contributed by atoms with Gasteiger partial charge in [0.1, 0.15) is 0 Å². The zero-order valence-electron chi connectivity index (χ0n) is 9.86. The third-order valence-corrected chi connectivity index (χ3v) is 5.07. The number of hydrogen-bond acceptors (Lipinski definition) is 3. The summed E-state index contributed by atoms with van der Waals surface area (Å²) in [5.74, 6) is 1.25. The molecule has 0 aromatic carbocycles. The van der Waals surface area contributed by atoms with Crippen molar-refractivity contribution in [3.8, 4) is 0 Å². The molecule has 0 radical (unpaired) electrons. The molecule has 0 aromatic heterocycles. The Morgan fingerprint density at radius 3 is 2.27 bits per heavy atom. The van der Waals surface area contributed by atoms with Gasteiger partial charge in [-0.05, 0) is 31.8 Å². The summed E-state index contributed by atoms with van der Waals surface area (Å²) in [4.78, 5) is 0. The Morgan fingerprint density at radius 1 is 1.27 bits per heavy atom. The lowest BCUT2D eigenvalue weighted by atomic mass is 10.0. The highest BCUT2D eigenvalue weighted by Gasteiger charge is 2.33. The minimum absolute atomic E-state index is 0.271. The average molecular weight is 234 g/mol. The second-order valence-corrected chi connectivity index (χ2v) is 6.63. The van der Waals surface area contributed by atoms with E-state index in [2.05, 4.69) is 19.2 Å². The number of nitrogens with one attached hydrogen (secondary N) is 1. The van der Waals surface area contributed by atoms with Crippen LogP contribution in [0, 0.1) is 11.8 Å². The van der Waals surface area contributed by atoms with E-state index >= 15 is 0 Å². The lowest BCUT2D eigenvalue weighted by Crippen LogP contribution is -2.32. The van der Waals surface area contributed by atoms with E-state index in [0.29, 0.717) is 31.3 Å². The molecular weight excluding hydrogens is 212 g/mol. The van der Waals surface area contributed by atoms with Crippen molar-refractivity contribution in [3.63, 3.8) is 0 Å². The Morgan fingerprint density at radius 2 is 1.80 bits per heavy atom. The molecule has 0 spiro atoms. The van der Waals surface area contributed by atoms with E-state index in [1.165, 1.54) is 0 Å². The van der Waals surface area contributed by atoms with Crippen LogP contribution in [-0.2, 0) is 10.0 Å². The summed E-state index contributed by atoms with van der Waals surface area (Å²) >= 11 is 0. The molecule has 90 valence electrons. The quantitative estimate of drug-likeness (QED) is 0.705. The zero-order chi connectivity index (χ0) is 11.5.